The number of fused-ring (bicyclic) bond motifs is 1. The molecule has 6 N–H and O–H groups in total. The lowest BCUT2D eigenvalue weighted by Crippen LogP contribution is -2.43. The zero-order valence-corrected chi connectivity index (χ0v) is 17.7. The predicted octanol–water partition coefficient (Wildman–Crippen LogP) is 0.800. The van der Waals surface area contributed by atoms with Crippen molar-refractivity contribution in [3.8, 4) is 0 Å². The van der Waals surface area contributed by atoms with Crippen LogP contribution in [0.3, 0.4) is 0 Å². The van der Waals surface area contributed by atoms with Crippen molar-refractivity contribution >= 4 is 13.7 Å². The van der Waals surface area contributed by atoms with Crippen molar-refractivity contribution in [2.45, 2.75) is 37.8 Å². The van der Waals surface area contributed by atoms with Gasteiger partial charge in [-0.05, 0) is 6.07 Å². The Bertz CT molecular complexity index is 1110. The van der Waals surface area contributed by atoms with Gasteiger partial charge in [0.1, 0.15) is 11.9 Å². The molecule has 3 rings (SSSR count). The van der Waals surface area contributed by atoms with Crippen molar-refractivity contribution in [1.29, 1.82) is 0 Å². The second-order valence-corrected chi connectivity index (χ2v) is 8.27. The molecule has 0 saturated carbocycles. The topological polar surface area (TPSA) is 175 Å². The molecule has 0 radical (unpaired) electrons. The lowest BCUT2D eigenvalue weighted by atomic mass is 9.99. The first-order valence-corrected chi connectivity index (χ1v) is 10.6. The first-order valence-electron chi connectivity index (χ1n) is 9.08. The Morgan fingerprint density at radius 2 is 1.76 bits per heavy atom. The van der Waals surface area contributed by atoms with Gasteiger partial charge >= 0.3 is 14.0 Å². The van der Waals surface area contributed by atoms with Crippen molar-refractivity contribution < 1.29 is 55.5 Å². The predicted molar refractivity (Wildman–Crippen MR) is 98.8 cm³/mol. The van der Waals surface area contributed by atoms with Crippen LogP contribution >= 0.6 is 7.82 Å². The van der Waals surface area contributed by atoms with Crippen molar-refractivity contribution in [2.75, 3.05) is 6.54 Å². The van der Waals surface area contributed by atoms with E-state index < -0.39 is 67.3 Å². The zero-order chi connectivity index (χ0) is 24.7. The van der Waals surface area contributed by atoms with Gasteiger partial charge in [0, 0.05) is 37.2 Å². The summed E-state index contributed by atoms with van der Waals surface area (Å²) in [4.78, 5) is 31.9. The number of carbonyl (C=O) groups excluding carboxylic acids is 1. The third kappa shape index (κ3) is 6.11. The van der Waals surface area contributed by atoms with E-state index in [0.717, 1.165) is 9.47 Å². The van der Waals surface area contributed by atoms with Crippen LogP contribution in [0.2, 0.25) is 0 Å². The van der Waals surface area contributed by atoms with Crippen LogP contribution < -0.4 is 5.73 Å². The van der Waals surface area contributed by atoms with E-state index in [1.54, 1.807) is 0 Å². The maximum atomic E-state index is 14.2. The Balaban J connectivity index is 0.00000408. The molecule has 0 saturated heterocycles. The molecule has 190 valence electrons. The largest absolute Gasteiger partial charge is 0.470 e. The van der Waals surface area contributed by atoms with Gasteiger partial charge in [0.05, 0.1) is 6.54 Å². The zero-order valence-electron chi connectivity index (χ0n) is 16.8. The number of nitrogens with zero attached hydrogens (tertiary/aromatic N) is 4. The Morgan fingerprint density at radius 1 is 1.15 bits per heavy atom. The lowest BCUT2D eigenvalue weighted by Gasteiger charge is -2.30. The number of hydrogen-bond acceptors (Lipinski definition) is 6. The van der Waals surface area contributed by atoms with Gasteiger partial charge in [-0.1, -0.05) is 0 Å². The smallest absolute Gasteiger partial charge is 0.412 e. The second-order valence-electron chi connectivity index (χ2n) is 7.08. The molecule has 1 aliphatic rings. The highest BCUT2D eigenvalue weighted by Gasteiger charge is 2.40. The van der Waals surface area contributed by atoms with E-state index in [4.69, 9.17) is 15.5 Å². The fraction of sp³-hybridized carbons (Fsp3) is 0.438. The molecule has 0 aliphatic carbocycles. The summed E-state index contributed by atoms with van der Waals surface area (Å²) in [6.45, 7) is -0.875. The summed E-state index contributed by atoms with van der Waals surface area (Å²) < 4.78 is 96.3. The van der Waals surface area contributed by atoms with Crippen LogP contribution in [0.15, 0.2) is 12.1 Å². The van der Waals surface area contributed by atoms with Crippen LogP contribution in [-0.2, 0) is 33.1 Å². The quantitative estimate of drug-likeness (QED) is 0.284. The number of hydrogen-bond donors (Lipinski definition) is 3. The molecule has 0 spiro atoms. The standard InChI is InChI=1S/C16H16F6N5O5P.H2O/c17-8-4-10(19)9(18)3-7(8)14(32-33(29,30)31)11(23)5-13(28)26-1-2-27-12(6-26)24-25-15(27)16(20,21)22;/h3-4,11,14H,1-2,5-6,23H2,(H2,29,30,31);1H2/t11-,14?;/m1./s1. The third-order valence-electron chi connectivity index (χ3n) is 4.76. The normalized spacial score (nSPS) is 16.0. The molecule has 2 heterocycles. The van der Waals surface area contributed by atoms with Crippen molar-refractivity contribution in [3.63, 3.8) is 0 Å². The van der Waals surface area contributed by atoms with E-state index in [0.29, 0.717) is 0 Å². The molecule has 1 aromatic heterocycles. The van der Waals surface area contributed by atoms with E-state index in [9.17, 15) is 35.7 Å². The molecule has 18 heteroatoms. The minimum absolute atomic E-state index is 0. The van der Waals surface area contributed by atoms with E-state index in [1.165, 1.54) is 0 Å². The van der Waals surface area contributed by atoms with Crippen LogP contribution in [0.4, 0.5) is 26.3 Å². The number of amides is 1. The minimum Gasteiger partial charge on any atom is -0.412 e. The summed E-state index contributed by atoms with van der Waals surface area (Å²) >= 11 is 0. The van der Waals surface area contributed by atoms with Gasteiger partial charge < -0.3 is 30.5 Å². The van der Waals surface area contributed by atoms with Crippen LogP contribution in [0.1, 0.15) is 29.7 Å². The minimum atomic E-state index is -5.34. The lowest BCUT2D eigenvalue weighted by molar-refractivity contribution is -0.148. The molecular weight excluding hydrogens is 503 g/mol. The van der Waals surface area contributed by atoms with E-state index in [1.807, 2.05) is 0 Å². The summed E-state index contributed by atoms with van der Waals surface area (Å²) in [6, 6.07) is -1.25. The Kier molecular flexibility index (Phi) is 8.12. The molecule has 11 nitrogen and oxygen atoms in total. The fourth-order valence-corrected chi connectivity index (χ4v) is 3.85. The maximum absolute atomic E-state index is 14.2. The highest BCUT2D eigenvalue weighted by Crippen LogP contribution is 2.44. The van der Waals surface area contributed by atoms with E-state index >= 15 is 0 Å². The number of aromatic nitrogens is 3. The molecule has 2 atom stereocenters. The molecular formula is C16H18F6N5O6P. The number of phosphoric ester groups is 1. The number of alkyl halides is 3. The Labute approximate surface area is 186 Å². The molecule has 1 aliphatic heterocycles. The molecule has 0 fully saturated rings. The monoisotopic (exact) mass is 521 g/mol. The second kappa shape index (κ2) is 9.97. The summed E-state index contributed by atoms with van der Waals surface area (Å²) in [7, 11) is -5.34. The molecule has 2 aromatic rings. The third-order valence-corrected chi connectivity index (χ3v) is 5.26. The SMILES string of the molecule is N[C@H](CC(=O)N1CCn2c(nnc2C(F)(F)F)C1)C(OP(=O)(O)O)c1cc(F)c(F)cc1F.O. The summed E-state index contributed by atoms with van der Waals surface area (Å²) in [5, 5.41) is 6.48. The van der Waals surface area contributed by atoms with Gasteiger partial charge in [0.25, 0.3) is 0 Å². The van der Waals surface area contributed by atoms with Gasteiger partial charge in [-0.3, -0.25) is 9.32 Å². The number of benzene rings is 1. The molecule has 34 heavy (non-hydrogen) atoms. The fourth-order valence-electron chi connectivity index (χ4n) is 3.29. The van der Waals surface area contributed by atoms with Crippen molar-refractivity contribution in [3.05, 3.63) is 46.8 Å². The number of halogens is 6. The van der Waals surface area contributed by atoms with Gasteiger partial charge in [-0.15, -0.1) is 10.2 Å². The summed E-state index contributed by atoms with van der Waals surface area (Å²) in [6.07, 6.45) is -7.54. The number of rotatable bonds is 6. The highest BCUT2D eigenvalue weighted by atomic mass is 31.2. The first kappa shape index (κ1) is 27.7. The number of carbonyl (C=O) groups is 1. The van der Waals surface area contributed by atoms with E-state index in [2.05, 4.69) is 14.7 Å². The average Bonchev–Trinajstić information content (AvgIpc) is 3.12. The number of nitrogens with two attached hydrogens (primary N) is 1. The van der Waals surface area contributed by atoms with Crippen LogP contribution in [0.5, 0.6) is 0 Å². The van der Waals surface area contributed by atoms with Crippen LogP contribution in [0.25, 0.3) is 0 Å². The molecule has 1 amide bonds. The first-order chi connectivity index (χ1) is 15.2. The average molecular weight is 521 g/mol. The Hall–Kier alpha value is -2.56. The van der Waals surface area contributed by atoms with Gasteiger partial charge in [-0.25, -0.2) is 17.7 Å². The van der Waals surface area contributed by atoms with Gasteiger partial charge in [-0.2, -0.15) is 13.2 Å². The Morgan fingerprint density at radius 3 is 2.35 bits per heavy atom. The van der Waals surface area contributed by atoms with Crippen molar-refractivity contribution in [2.24, 2.45) is 5.73 Å². The molecule has 1 unspecified atom stereocenters. The molecule has 1 aromatic carbocycles. The summed E-state index contributed by atoms with van der Waals surface area (Å²) in [5.41, 5.74) is 4.96. The summed E-state index contributed by atoms with van der Waals surface area (Å²) in [5.74, 6) is -6.75. The molecule has 0 bridgehead atoms. The van der Waals surface area contributed by atoms with Gasteiger partial charge in [0.2, 0.25) is 11.7 Å². The van der Waals surface area contributed by atoms with Gasteiger partial charge in [0.15, 0.2) is 17.5 Å². The highest BCUT2D eigenvalue weighted by molar-refractivity contribution is 7.46. The van der Waals surface area contributed by atoms with Crippen molar-refractivity contribution in [1.82, 2.24) is 19.7 Å². The van der Waals surface area contributed by atoms with E-state index in [-0.39, 0.29) is 43.1 Å². The number of phosphoric acid groups is 1. The van der Waals surface area contributed by atoms with Crippen LogP contribution in [-0.4, -0.2) is 53.4 Å². The maximum Gasteiger partial charge on any atom is 0.470 e. The van der Waals surface area contributed by atoms with Crippen LogP contribution in [0, 0.1) is 17.5 Å².